The fourth-order valence-corrected chi connectivity index (χ4v) is 3.33. The second kappa shape index (κ2) is 18.4. The number of aryl methyl sites for hydroxylation is 1. The molecular weight excluding hydrogens is 414 g/mol. The van der Waals surface area contributed by atoms with E-state index in [1.54, 1.807) is 6.20 Å². The molecular formula is C27H43N3O3. The lowest BCUT2D eigenvalue weighted by Crippen LogP contribution is -2.02. The molecule has 6 nitrogen and oxygen atoms in total. The van der Waals surface area contributed by atoms with E-state index < -0.39 is 0 Å². The molecule has 0 aromatic carbocycles. The van der Waals surface area contributed by atoms with Gasteiger partial charge in [-0.1, -0.05) is 39.5 Å². The molecule has 0 bridgehead atoms. The zero-order valence-electron chi connectivity index (χ0n) is 20.8. The van der Waals surface area contributed by atoms with Crippen LogP contribution in [-0.4, -0.2) is 48.2 Å². The van der Waals surface area contributed by atoms with Crippen molar-refractivity contribution >= 4 is 0 Å². The molecule has 0 aliphatic carbocycles. The van der Waals surface area contributed by atoms with Crippen LogP contribution in [0.3, 0.4) is 0 Å². The van der Waals surface area contributed by atoms with Gasteiger partial charge in [0, 0.05) is 26.4 Å². The van der Waals surface area contributed by atoms with E-state index in [1.165, 1.54) is 32.1 Å². The summed E-state index contributed by atoms with van der Waals surface area (Å²) in [5, 5.41) is 8.72. The van der Waals surface area contributed by atoms with Crippen LogP contribution >= 0.6 is 0 Å². The Kier molecular flexibility index (Phi) is 15.2. The molecule has 184 valence electrons. The summed E-state index contributed by atoms with van der Waals surface area (Å²) in [7, 11) is 0. The van der Waals surface area contributed by atoms with Crippen LogP contribution in [0.15, 0.2) is 30.5 Å². The summed E-state index contributed by atoms with van der Waals surface area (Å²) in [6, 6.07) is 7.92. The maximum Gasteiger partial charge on any atom is 0.137 e. The Morgan fingerprint density at radius 3 is 1.94 bits per heavy atom. The van der Waals surface area contributed by atoms with Gasteiger partial charge in [-0.05, 0) is 69.2 Å². The standard InChI is InChI=1S/C27H43N3O3/c1-3-5-7-9-19-32-20-10-8-13-24-14-16-27(30-29-24)26-17-15-25(23-28-26)33-22-12-11-21-31-18-6-4-2/h14-17,23H,3-13,18-22H2,1-2H3. The maximum atomic E-state index is 5.78. The van der Waals surface area contributed by atoms with Crippen LogP contribution in [0.5, 0.6) is 5.75 Å². The summed E-state index contributed by atoms with van der Waals surface area (Å²) < 4.78 is 17.0. The van der Waals surface area contributed by atoms with Crippen LogP contribution in [0.2, 0.25) is 0 Å². The molecule has 0 aliphatic heterocycles. The molecule has 0 spiro atoms. The molecule has 2 aromatic heterocycles. The highest BCUT2D eigenvalue weighted by atomic mass is 16.5. The van der Waals surface area contributed by atoms with Crippen molar-refractivity contribution in [1.82, 2.24) is 15.2 Å². The molecule has 0 saturated carbocycles. The fourth-order valence-electron chi connectivity index (χ4n) is 3.33. The quantitative estimate of drug-likeness (QED) is 0.213. The van der Waals surface area contributed by atoms with E-state index in [-0.39, 0.29) is 0 Å². The predicted molar refractivity (Wildman–Crippen MR) is 134 cm³/mol. The smallest absolute Gasteiger partial charge is 0.137 e. The first-order chi connectivity index (χ1) is 16.3. The first kappa shape index (κ1) is 27.2. The Morgan fingerprint density at radius 1 is 0.606 bits per heavy atom. The van der Waals surface area contributed by atoms with Gasteiger partial charge in [0.2, 0.25) is 0 Å². The maximum absolute atomic E-state index is 5.78. The fraction of sp³-hybridized carbons (Fsp3) is 0.667. The Bertz CT molecular complexity index is 708. The van der Waals surface area contributed by atoms with Gasteiger partial charge < -0.3 is 14.2 Å². The van der Waals surface area contributed by atoms with Crippen LogP contribution in [0.1, 0.15) is 83.7 Å². The molecule has 0 amide bonds. The summed E-state index contributed by atoms with van der Waals surface area (Å²) in [5.41, 5.74) is 2.60. The molecule has 0 unspecified atom stereocenters. The number of pyridine rings is 1. The molecule has 0 fully saturated rings. The van der Waals surface area contributed by atoms with Crippen LogP contribution in [0.25, 0.3) is 11.4 Å². The number of aromatic nitrogens is 3. The van der Waals surface area contributed by atoms with Crippen molar-refractivity contribution in [2.45, 2.75) is 84.5 Å². The zero-order chi connectivity index (χ0) is 23.4. The van der Waals surface area contributed by atoms with Crippen molar-refractivity contribution in [1.29, 1.82) is 0 Å². The number of ether oxygens (including phenoxy) is 3. The van der Waals surface area contributed by atoms with Gasteiger partial charge in [-0.25, -0.2) is 0 Å². The predicted octanol–water partition coefficient (Wildman–Crippen LogP) is 6.43. The lowest BCUT2D eigenvalue weighted by molar-refractivity contribution is 0.123. The summed E-state index contributed by atoms with van der Waals surface area (Å²) in [5.74, 6) is 0.780. The Hall–Kier alpha value is -2.05. The van der Waals surface area contributed by atoms with Gasteiger partial charge in [0.1, 0.15) is 11.4 Å². The summed E-state index contributed by atoms with van der Waals surface area (Å²) in [4.78, 5) is 4.48. The van der Waals surface area contributed by atoms with Gasteiger partial charge in [0.15, 0.2) is 0 Å². The van der Waals surface area contributed by atoms with Crippen molar-refractivity contribution in [3.8, 4) is 17.1 Å². The average molecular weight is 458 g/mol. The zero-order valence-corrected chi connectivity index (χ0v) is 20.8. The highest BCUT2D eigenvalue weighted by Gasteiger charge is 2.04. The molecule has 2 aromatic rings. The van der Waals surface area contributed by atoms with Crippen LogP contribution < -0.4 is 4.74 Å². The van der Waals surface area contributed by atoms with Crippen molar-refractivity contribution in [2.75, 3.05) is 33.0 Å². The monoisotopic (exact) mass is 457 g/mol. The SMILES string of the molecule is CCCCCCOCCCCc1ccc(-c2ccc(OCCCCOCCCC)cn2)nn1. The molecule has 2 heterocycles. The van der Waals surface area contributed by atoms with Gasteiger partial charge in [-0.2, -0.15) is 5.10 Å². The topological polar surface area (TPSA) is 66.4 Å². The molecule has 2 rings (SSSR count). The van der Waals surface area contributed by atoms with E-state index in [9.17, 15) is 0 Å². The third-order valence-corrected chi connectivity index (χ3v) is 5.43. The highest BCUT2D eigenvalue weighted by Crippen LogP contribution is 2.18. The number of unbranched alkanes of at least 4 members (excludes halogenated alkanes) is 6. The second-order valence-corrected chi connectivity index (χ2v) is 8.44. The lowest BCUT2D eigenvalue weighted by Gasteiger charge is -2.07. The van der Waals surface area contributed by atoms with Gasteiger partial charge >= 0.3 is 0 Å². The molecule has 33 heavy (non-hydrogen) atoms. The minimum Gasteiger partial charge on any atom is -0.492 e. The van der Waals surface area contributed by atoms with Gasteiger partial charge in [-0.3, -0.25) is 4.98 Å². The lowest BCUT2D eigenvalue weighted by atomic mass is 10.1. The van der Waals surface area contributed by atoms with E-state index in [2.05, 4.69) is 29.0 Å². The van der Waals surface area contributed by atoms with Crippen molar-refractivity contribution in [2.24, 2.45) is 0 Å². The molecule has 6 heteroatoms. The largest absolute Gasteiger partial charge is 0.492 e. The Balaban J connectivity index is 1.59. The minimum atomic E-state index is 0.677. The summed E-state index contributed by atoms with van der Waals surface area (Å²) in [6.07, 6.45) is 14.1. The van der Waals surface area contributed by atoms with Crippen molar-refractivity contribution < 1.29 is 14.2 Å². The molecule has 0 N–H and O–H groups in total. The highest BCUT2D eigenvalue weighted by molar-refractivity contribution is 5.53. The minimum absolute atomic E-state index is 0.677. The molecule has 0 saturated heterocycles. The first-order valence-corrected chi connectivity index (χ1v) is 12.9. The Labute approximate surface area is 200 Å². The van der Waals surface area contributed by atoms with E-state index >= 15 is 0 Å². The number of hydrogen-bond donors (Lipinski definition) is 0. The summed E-state index contributed by atoms with van der Waals surface area (Å²) in [6.45, 7) is 8.47. The van der Waals surface area contributed by atoms with Crippen LogP contribution in [-0.2, 0) is 15.9 Å². The normalized spacial score (nSPS) is 11.1. The Morgan fingerprint density at radius 2 is 1.27 bits per heavy atom. The average Bonchev–Trinajstić information content (AvgIpc) is 2.85. The first-order valence-electron chi connectivity index (χ1n) is 12.9. The number of rotatable bonds is 20. The van der Waals surface area contributed by atoms with Crippen LogP contribution in [0, 0.1) is 0 Å². The number of hydrogen-bond acceptors (Lipinski definition) is 6. The van der Waals surface area contributed by atoms with Crippen molar-refractivity contribution in [3.05, 3.63) is 36.2 Å². The van der Waals surface area contributed by atoms with Gasteiger partial charge in [0.25, 0.3) is 0 Å². The molecule has 0 atom stereocenters. The van der Waals surface area contributed by atoms with Crippen LogP contribution in [0.4, 0.5) is 0 Å². The second-order valence-electron chi connectivity index (χ2n) is 8.44. The molecule has 0 radical (unpaired) electrons. The summed E-state index contributed by atoms with van der Waals surface area (Å²) >= 11 is 0. The third-order valence-electron chi connectivity index (χ3n) is 5.43. The van der Waals surface area contributed by atoms with Crippen molar-refractivity contribution in [3.63, 3.8) is 0 Å². The third kappa shape index (κ3) is 12.7. The van der Waals surface area contributed by atoms with E-state index in [0.29, 0.717) is 6.61 Å². The van der Waals surface area contributed by atoms with E-state index in [1.807, 2.05) is 24.3 Å². The van der Waals surface area contributed by atoms with E-state index in [0.717, 1.165) is 87.8 Å². The van der Waals surface area contributed by atoms with Gasteiger partial charge in [0.05, 0.1) is 24.2 Å². The number of nitrogens with zero attached hydrogens (tertiary/aromatic N) is 3. The van der Waals surface area contributed by atoms with E-state index in [4.69, 9.17) is 14.2 Å². The molecule has 0 aliphatic rings. The van der Waals surface area contributed by atoms with Gasteiger partial charge in [-0.15, -0.1) is 5.10 Å².